The zero-order chi connectivity index (χ0) is 14.7. The van der Waals surface area contributed by atoms with Gasteiger partial charge in [0.1, 0.15) is 0 Å². The number of hydrogen-bond donors (Lipinski definition) is 0. The first-order chi connectivity index (χ1) is 9.02. The van der Waals surface area contributed by atoms with E-state index in [1.807, 2.05) is 6.92 Å². The molecule has 0 aliphatic carbocycles. The average molecular weight is 269 g/mol. The first kappa shape index (κ1) is 17.4. The van der Waals surface area contributed by atoms with Crippen LogP contribution < -0.4 is 0 Å². The number of nitrogens with zero attached hydrogens (tertiary/aromatic N) is 1. The molecule has 5 heteroatoms. The van der Waals surface area contributed by atoms with Gasteiger partial charge in [-0.1, -0.05) is 19.9 Å². The van der Waals surface area contributed by atoms with Crippen LogP contribution in [-0.4, -0.2) is 42.8 Å². The van der Waals surface area contributed by atoms with Crippen LogP contribution in [0.1, 0.15) is 39.5 Å². The molecular formula is C14H23NO4. The third-order valence-electron chi connectivity index (χ3n) is 2.60. The molecule has 0 atom stereocenters. The average Bonchev–Trinajstić information content (AvgIpc) is 2.40. The highest BCUT2D eigenvalue weighted by Crippen LogP contribution is 2.01. The topological polar surface area (TPSA) is 63.7 Å². The Hall–Kier alpha value is -1.65. The number of carbonyl (C=O) groups excluding carboxylic acids is 3. The van der Waals surface area contributed by atoms with Crippen LogP contribution in [0.4, 0.5) is 0 Å². The van der Waals surface area contributed by atoms with Crippen molar-refractivity contribution in [1.29, 1.82) is 0 Å². The lowest BCUT2D eigenvalue weighted by molar-refractivity contribution is -0.140. The van der Waals surface area contributed by atoms with Gasteiger partial charge < -0.3 is 9.64 Å². The van der Waals surface area contributed by atoms with Crippen molar-refractivity contribution < 1.29 is 19.1 Å². The van der Waals surface area contributed by atoms with Gasteiger partial charge in [0.25, 0.3) is 5.91 Å². The second-order valence-corrected chi connectivity index (χ2v) is 4.42. The molecule has 0 fully saturated rings. The lowest BCUT2D eigenvalue weighted by Gasteiger charge is -2.19. The molecule has 0 N–H and O–H groups in total. The Bertz CT molecular complexity index is 325. The first-order valence-corrected chi connectivity index (χ1v) is 6.59. The number of hydrogen-bond acceptors (Lipinski definition) is 4. The Labute approximate surface area is 114 Å². The van der Waals surface area contributed by atoms with Crippen molar-refractivity contribution in [2.45, 2.75) is 39.5 Å². The Morgan fingerprint density at radius 2 is 1.84 bits per heavy atom. The van der Waals surface area contributed by atoms with E-state index in [0.29, 0.717) is 44.4 Å². The van der Waals surface area contributed by atoms with Gasteiger partial charge in [-0.3, -0.25) is 9.59 Å². The van der Waals surface area contributed by atoms with E-state index in [1.54, 1.807) is 6.92 Å². The third-order valence-corrected chi connectivity index (χ3v) is 2.60. The van der Waals surface area contributed by atoms with Crippen LogP contribution in [0.5, 0.6) is 0 Å². The molecule has 0 aliphatic heterocycles. The first-order valence-electron chi connectivity index (χ1n) is 6.59. The van der Waals surface area contributed by atoms with Crippen molar-refractivity contribution in [2.75, 3.05) is 19.7 Å². The van der Waals surface area contributed by atoms with Crippen LogP contribution in [0.25, 0.3) is 0 Å². The highest BCUT2D eigenvalue weighted by atomic mass is 16.5. The third kappa shape index (κ3) is 8.13. The molecule has 0 radical (unpaired) electrons. The molecule has 0 aliphatic rings. The minimum Gasteiger partial charge on any atom is -0.462 e. The van der Waals surface area contributed by atoms with E-state index in [2.05, 4.69) is 6.58 Å². The van der Waals surface area contributed by atoms with Crippen molar-refractivity contribution in [3.63, 3.8) is 0 Å². The van der Waals surface area contributed by atoms with E-state index in [4.69, 9.17) is 4.74 Å². The van der Waals surface area contributed by atoms with Gasteiger partial charge in [0.05, 0.1) is 6.61 Å². The molecule has 0 aromatic carbocycles. The maximum absolute atomic E-state index is 11.3. The number of ether oxygens (including phenoxy) is 1. The predicted octanol–water partition coefficient (Wildman–Crippen LogP) is 1.71. The van der Waals surface area contributed by atoms with Crippen LogP contribution >= 0.6 is 0 Å². The molecule has 0 bridgehead atoms. The Balaban J connectivity index is 3.86. The van der Waals surface area contributed by atoms with Crippen LogP contribution in [0.3, 0.4) is 0 Å². The zero-order valence-corrected chi connectivity index (χ0v) is 11.8. The van der Waals surface area contributed by atoms with Gasteiger partial charge in [0.2, 0.25) is 6.29 Å². The van der Waals surface area contributed by atoms with E-state index >= 15 is 0 Å². The summed E-state index contributed by atoms with van der Waals surface area (Å²) >= 11 is 0. The van der Waals surface area contributed by atoms with Gasteiger partial charge >= 0.3 is 5.97 Å². The summed E-state index contributed by atoms with van der Waals surface area (Å²) < 4.78 is 4.94. The standard InChI is InChI=1S/C14H23NO4/c1-4-5-8-15(13(17)11-16)9-6-7-10-19-14(18)12(2)3/h11H,2,4-10H2,1,3H3. The maximum atomic E-state index is 11.3. The van der Waals surface area contributed by atoms with Gasteiger partial charge in [-0.05, 0) is 26.2 Å². The molecule has 0 saturated carbocycles. The number of aldehydes is 1. The number of carbonyl (C=O) groups is 3. The molecule has 0 heterocycles. The molecule has 19 heavy (non-hydrogen) atoms. The monoisotopic (exact) mass is 269 g/mol. The molecule has 108 valence electrons. The van der Waals surface area contributed by atoms with E-state index < -0.39 is 11.9 Å². The summed E-state index contributed by atoms with van der Waals surface area (Å²) in [6, 6.07) is 0. The molecule has 0 rings (SSSR count). The summed E-state index contributed by atoms with van der Waals surface area (Å²) in [6.45, 7) is 8.53. The molecule has 0 aromatic rings. The van der Waals surface area contributed by atoms with E-state index in [-0.39, 0.29) is 0 Å². The largest absolute Gasteiger partial charge is 0.462 e. The van der Waals surface area contributed by atoms with Crippen molar-refractivity contribution >= 4 is 18.2 Å². The minimum atomic E-state index is -0.479. The van der Waals surface area contributed by atoms with Gasteiger partial charge in [-0.2, -0.15) is 0 Å². The highest BCUT2D eigenvalue weighted by molar-refractivity contribution is 6.23. The van der Waals surface area contributed by atoms with E-state index in [0.717, 1.165) is 12.8 Å². The smallest absolute Gasteiger partial charge is 0.333 e. The number of amides is 1. The van der Waals surface area contributed by atoms with Gasteiger partial charge in [-0.25, -0.2) is 4.79 Å². The number of esters is 1. The summed E-state index contributed by atoms with van der Waals surface area (Å²) in [7, 11) is 0. The fraction of sp³-hybridized carbons (Fsp3) is 0.643. The summed E-state index contributed by atoms with van der Waals surface area (Å²) in [4.78, 5) is 34.5. The molecule has 5 nitrogen and oxygen atoms in total. The maximum Gasteiger partial charge on any atom is 0.333 e. The molecule has 0 unspecified atom stereocenters. The summed E-state index contributed by atoms with van der Waals surface area (Å²) in [5, 5.41) is 0. The normalized spacial score (nSPS) is 9.79. The zero-order valence-electron chi connectivity index (χ0n) is 11.8. The Morgan fingerprint density at radius 1 is 1.21 bits per heavy atom. The van der Waals surface area contributed by atoms with Gasteiger partial charge in [0.15, 0.2) is 0 Å². The van der Waals surface area contributed by atoms with Crippen molar-refractivity contribution in [1.82, 2.24) is 4.90 Å². The molecule has 1 amide bonds. The Morgan fingerprint density at radius 3 is 2.37 bits per heavy atom. The Kier molecular flexibility index (Phi) is 9.40. The molecule has 0 aromatic heterocycles. The number of rotatable bonds is 10. The van der Waals surface area contributed by atoms with Crippen molar-refractivity contribution in [2.24, 2.45) is 0 Å². The summed E-state index contributed by atoms with van der Waals surface area (Å²) in [5.74, 6) is -0.876. The predicted molar refractivity (Wildman–Crippen MR) is 72.6 cm³/mol. The van der Waals surface area contributed by atoms with Gasteiger partial charge in [0, 0.05) is 18.7 Å². The second-order valence-electron chi connectivity index (χ2n) is 4.42. The summed E-state index contributed by atoms with van der Waals surface area (Å²) in [6.07, 6.45) is 3.56. The van der Waals surface area contributed by atoms with Crippen LogP contribution in [-0.2, 0) is 19.1 Å². The lowest BCUT2D eigenvalue weighted by Crippen LogP contribution is -2.33. The quantitative estimate of drug-likeness (QED) is 0.199. The fourth-order valence-electron chi connectivity index (χ4n) is 1.45. The highest BCUT2D eigenvalue weighted by Gasteiger charge is 2.11. The minimum absolute atomic E-state index is 0.308. The van der Waals surface area contributed by atoms with Crippen LogP contribution in [0, 0.1) is 0 Å². The van der Waals surface area contributed by atoms with E-state index in [1.165, 1.54) is 4.90 Å². The second kappa shape index (κ2) is 10.3. The molecule has 0 saturated heterocycles. The summed E-state index contributed by atoms with van der Waals surface area (Å²) in [5.41, 5.74) is 0.376. The molecule has 0 spiro atoms. The molecular weight excluding hydrogens is 246 g/mol. The van der Waals surface area contributed by atoms with Crippen LogP contribution in [0.15, 0.2) is 12.2 Å². The SMILES string of the molecule is C=C(C)C(=O)OCCCCN(CCCC)C(=O)C=O. The number of unbranched alkanes of at least 4 members (excludes halogenated alkanes) is 2. The fourth-order valence-corrected chi connectivity index (χ4v) is 1.45. The van der Waals surface area contributed by atoms with Crippen molar-refractivity contribution in [3.05, 3.63) is 12.2 Å². The van der Waals surface area contributed by atoms with Gasteiger partial charge in [-0.15, -0.1) is 0 Å². The van der Waals surface area contributed by atoms with E-state index in [9.17, 15) is 14.4 Å². The van der Waals surface area contributed by atoms with Crippen LogP contribution in [0.2, 0.25) is 0 Å². The van der Waals surface area contributed by atoms with Crippen molar-refractivity contribution in [3.8, 4) is 0 Å². The lowest BCUT2D eigenvalue weighted by atomic mass is 10.2.